The normalized spacial score (nSPS) is 11.9. The number of hydrogen-bond donors (Lipinski definition) is 0. The third-order valence-electron chi connectivity index (χ3n) is 11.8. The van der Waals surface area contributed by atoms with Gasteiger partial charge in [0.25, 0.3) is 0 Å². The van der Waals surface area contributed by atoms with Gasteiger partial charge in [0.05, 0.1) is 0 Å². The molecule has 0 aromatic carbocycles. The van der Waals surface area contributed by atoms with Crippen LogP contribution in [0.1, 0.15) is 291 Å². The standard InChI is InChI=1S/C52H100O6/c1-5-7-9-11-13-15-17-19-25-29-33-37-41-45-52(55)58-49(46-56-50(53)43-39-35-31-27-23-18-16-14-12-10-8-6-2)47-57-51(54)44-40-36-32-28-24-21-20-22-26-30-34-38-42-48(3)4/h48-49H,5-47H2,1-4H3/t49-/m1/s1. The molecule has 0 aliphatic carbocycles. The van der Waals surface area contributed by atoms with Gasteiger partial charge in [0, 0.05) is 19.3 Å². The van der Waals surface area contributed by atoms with Crippen molar-refractivity contribution < 1.29 is 28.6 Å². The summed E-state index contributed by atoms with van der Waals surface area (Å²) in [5.41, 5.74) is 0. The van der Waals surface area contributed by atoms with Gasteiger partial charge in [0.15, 0.2) is 6.10 Å². The van der Waals surface area contributed by atoms with Crippen LogP contribution in [-0.4, -0.2) is 37.2 Å². The molecule has 0 N–H and O–H groups in total. The molecular formula is C52H100O6. The maximum absolute atomic E-state index is 12.8. The van der Waals surface area contributed by atoms with Crippen molar-refractivity contribution in [2.45, 2.75) is 297 Å². The zero-order valence-corrected chi connectivity index (χ0v) is 39.5. The van der Waals surface area contributed by atoms with Gasteiger partial charge in [0.1, 0.15) is 13.2 Å². The Kier molecular flexibility index (Phi) is 45.2. The minimum atomic E-state index is -0.760. The zero-order valence-electron chi connectivity index (χ0n) is 39.5. The third kappa shape index (κ3) is 45.5. The molecule has 0 bridgehead atoms. The molecule has 0 saturated carbocycles. The van der Waals surface area contributed by atoms with Crippen molar-refractivity contribution >= 4 is 17.9 Å². The number of rotatable bonds is 47. The Labute approximate surface area is 361 Å². The number of carbonyl (C=O) groups is 3. The quantitative estimate of drug-likeness (QED) is 0.0346. The Bertz CT molecular complexity index is 872. The predicted octanol–water partition coefficient (Wildman–Crippen LogP) is 16.7. The van der Waals surface area contributed by atoms with E-state index in [1.807, 2.05) is 0 Å². The fourth-order valence-electron chi connectivity index (χ4n) is 7.86. The lowest BCUT2D eigenvalue weighted by molar-refractivity contribution is -0.167. The molecule has 0 aliphatic heterocycles. The molecule has 0 heterocycles. The second-order valence-electron chi connectivity index (χ2n) is 18.3. The van der Waals surface area contributed by atoms with Crippen molar-refractivity contribution in [3.05, 3.63) is 0 Å². The van der Waals surface area contributed by atoms with Crippen LogP contribution in [0.25, 0.3) is 0 Å². The van der Waals surface area contributed by atoms with Crippen molar-refractivity contribution in [2.75, 3.05) is 13.2 Å². The summed E-state index contributed by atoms with van der Waals surface area (Å²) in [5, 5.41) is 0. The van der Waals surface area contributed by atoms with E-state index in [1.165, 1.54) is 186 Å². The Hall–Kier alpha value is -1.59. The van der Waals surface area contributed by atoms with E-state index in [4.69, 9.17) is 14.2 Å². The lowest BCUT2D eigenvalue weighted by Gasteiger charge is -2.18. The number of esters is 3. The molecule has 0 fully saturated rings. The second-order valence-corrected chi connectivity index (χ2v) is 18.3. The molecule has 0 rings (SSSR count). The summed E-state index contributed by atoms with van der Waals surface area (Å²) in [6.07, 6.45) is 47.9. The Balaban J connectivity index is 4.30. The average Bonchev–Trinajstić information content (AvgIpc) is 3.21. The Morgan fingerprint density at radius 3 is 0.845 bits per heavy atom. The van der Waals surface area contributed by atoms with Gasteiger partial charge in [-0.05, 0) is 25.2 Å². The second kappa shape index (κ2) is 46.5. The van der Waals surface area contributed by atoms with E-state index >= 15 is 0 Å². The van der Waals surface area contributed by atoms with E-state index in [9.17, 15) is 14.4 Å². The highest BCUT2D eigenvalue weighted by Gasteiger charge is 2.19. The zero-order chi connectivity index (χ0) is 42.4. The smallest absolute Gasteiger partial charge is 0.306 e. The van der Waals surface area contributed by atoms with E-state index in [2.05, 4.69) is 27.7 Å². The van der Waals surface area contributed by atoms with Crippen LogP contribution in [0.4, 0.5) is 0 Å². The molecule has 0 aromatic rings. The molecule has 6 nitrogen and oxygen atoms in total. The van der Waals surface area contributed by atoms with Crippen molar-refractivity contribution in [1.82, 2.24) is 0 Å². The van der Waals surface area contributed by atoms with Gasteiger partial charge in [-0.15, -0.1) is 0 Å². The molecule has 0 amide bonds. The summed E-state index contributed by atoms with van der Waals surface area (Å²) in [4.78, 5) is 37.9. The van der Waals surface area contributed by atoms with Crippen LogP contribution in [0, 0.1) is 5.92 Å². The summed E-state index contributed by atoms with van der Waals surface area (Å²) in [5.74, 6) is -0.0101. The molecule has 0 spiro atoms. The van der Waals surface area contributed by atoms with Crippen LogP contribution in [0.15, 0.2) is 0 Å². The highest BCUT2D eigenvalue weighted by Crippen LogP contribution is 2.17. The molecule has 0 unspecified atom stereocenters. The molecule has 344 valence electrons. The van der Waals surface area contributed by atoms with E-state index in [0.29, 0.717) is 19.3 Å². The molecule has 0 radical (unpaired) electrons. The van der Waals surface area contributed by atoms with Gasteiger partial charge in [-0.3, -0.25) is 14.4 Å². The molecular weight excluding hydrogens is 721 g/mol. The summed E-state index contributed by atoms with van der Waals surface area (Å²) < 4.78 is 16.8. The monoisotopic (exact) mass is 821 g/mol. The van der Waals surface area contributed by atoms with Gasteiger partial charge in [-0.1, -0.05) is 252 Å². The van der Waals surface area contributed by atoms with Crippen molar-refractivity contribution in [1.29, 1.82) is 0 Å². The topological polar surface area (TPSA) is 78.9 Å². The number of unbranched alkanes of at least 4 members (excludes halogenated alkanes) is 34. The first-order chi connectivity index (χ1) is 28.4. The van der Waals surface area contributed by atoms with Crippen molar-refractivity contribution in [3.63, 3.8) is 0 Å². The molecule has 0 aromatic heterocycles. The highest BCUT2D eigenvalue weighted by molar-refractivity contribution is 5.71. The van der Waals surface area contributed by atoms with Gasteiger partial charge in [-0.2, -0.15) is 0 Å². The minimum absolute atomic E-state index is 0.0627. The van der Waals surface area contributed by atoms with Gasteiger partial charge < -0.3 is 14.2 Å². The SMILES string of the molecule is CCCCCCCCCCCCCCCC(=O)O[C@H](COC(=O)CCCCCCCCCCCCCC)COC(=O)CCCCCCCCCCCCCCC(C)C. The molecule has 1 atom stereocenters. The Morgan fingerprint density at radius 1 is 0.328 bits per heavy atom. The maximum Gasteiger partial charge on any atom is 0.306 e. The third-order valence-corrected chi connectivity index (χ3v) is 11.8. The van der Waals surface area contributed by atoms with Crippen LogP contribution in [0.2, 0.25) is 0 Å². The van der Waals surface area contributed by atoms with Crippen LogP contribution in [-0.2, 0) is 28.6 Å². The van der Waals surface area contributed by atoms with E-state index < -0.39 is 6.10 Å². The van der Waals surface area contributed by atoms with Gasteiger partial charge in [0.2, 0.25) is 0 Å². The lowest BCUT2D eigenvalue weighted by atomic mass is 10.0. The summed E-state index contributed by atoms with van der Waals surface area (Å²) >= 11 is 0. The first-order valence-corrected chi connectivity index (χ1v) is 25.9. The fourth-order valence-corrected chi connectivity index (χ4v) is 7.86. The average molecular weight is 821 g/mol. The maximum atomic E-state index is 12.8. The van der Waals surface area contributed by atoms with Crippen LogP contribution in [0.5, 0.6) is 0 Å². The minimum Gasteiger partial charge on any atom is -0.462 e. The van der Waals surface area contributed by atoms with Gasteiger partial charge in [-0.25, -0.2) is 0 Å². The molecule has 6 heteroatoms. The first kappa shape index (κ1) is 56.4. The summed E-state index contributed by atoms with van der Waals surface area (Å²) in [7, 11) is 0. The number of ether oxygens (including phenoxy) is 3. The van der Waals surface area contributed by atoms with E-state index in [-0.39, 0.29) is 31.1 Å². The molecule has 0 aliphatic rings. The van der Waals surface area contributed by atoms with Crippen molar-refractivity contribution in [3.8, 4) is 0 Å². The molecule has 58 heavy (non-hydrogen) atoms. The number of carbonyl (C=O) groups excluding carboxylic acids is 3. The van der Waals surface area contributed by atoms with Crippen LogP contribution >= 0.6 is 0 Å². The summed E-state index contributed by atoms with van der Waals surface area (Å²) in [6.45, 7) is 9.02. The van der Waals surface area contributed by atoms with Crippen molar-refractivity contribution in [2.24, 2.45) is 5.92 Å². The van der Waals surface area contributed by atoms with E-state index in [1.54, 1.807) is 0 Å². The van der Waals surface area contributed by atoms with Crippen LogP contribution in [0.3, 0.4) is 0 Å². The Morgan fingerprint density at radius 2 is 0.569 bits per heavy atom. The fraction of sp³-hybridized carbons (Fsp3) is 0.942. The van der Waals surface area contributed by atoms with E-state index in [0.717, 1.165) is 63.7 Å². The van der Waals surface area contributed by atoms with Crippen LogP contribution < -0.4 is 0 Å². The first-order valence-electron chi connectivity index (χ1n) is 25.9. The molecule has 0 saturated heterocycles. The largest absolute Gasteiger partial charge is 0.462 e. The number of hydrogen-bond acceptors (Lipinski definition) is 6. The van der Waals surface area contributed by atoms with Gasteiger partial charge >= 0.3 is 17.9 Å². The lowest BCUT2D eigenvalue weighted by Crippen LogP contribution is -2.30. The summed E-state index contributed by atoms with van der Waals surface area (Å²) in [6, 6.07) is 0. The highest BCUT2D eigenvalue weighted by atomic mass is 16.6. The predicted molar refractivity (Wildman–Crippen MR) is 247 cm³/mol.